The molecule has 0 aliphatic rings. The Morgan fingerprint density at radius 1 is 0.923 bits per heavy atom. The maximum absolute atomic E-state index is 3.61. The van der Waals surface area contributed by atoms with E-state index in [1.807, 2.05) is 0 Å². The van der Waals surface area contributed by atoms with E-state index in [-0.39, 0.29) is 0 Å². The van der Waals surface area contributed by atoms with E-state index in [0.717, 1.165) is 24.3 Å². The van der Waals surface area contributed by atoms with Gasteiger partial charge in [0, 0.05) is 6.04 Å². The lowest BCUT2D eigenvalue weighted by Gasteiger charge is -2.23. The molecule has 0 aliphatic carbocycles. The molecule has 2 unspecified atom stereocenters. The number of nitrogens with one attached hydrogen (secondary N) is 1. The van der Waals surface area contributed by atoms with Crippen molar-refractivity contribution >= 4 is 0 Å². The van der Waals surface area contributed by atoms with Crippen LogP contribution in [0.2, 0.25) is 0 Å². The summed E-state index contributed by atoms with van der Waals surface area (Å²) in [5.41, 5.74) is 0. The topological polar surface area (TPSA) is 12.0 Å². The molecule has 1 heteroatoms. The first kappa shape index (κ1) is 13.0. The molecule has 1 N–H and O–H groups in total. The van der Waals surface area contributed by atoms with Crippen LogP contribution >= 0.6 is 0 Å². The van der Waals surface area contributed by atoms with E-state index in [2.05, 4.69) is 46.9 Å². The van der Waals surface area contributed by atoms with Gasteiger partial charge in [0.25, 0.3) is 0 Å². The number of rotatable bonds is 6. The first-order valence-electron chi connectivity index (χ1n) is 5.72. The molecule has 0 aromatic heterocycles. The lowest BCUT2D eigenvalue weighted by atomic mass is 9.96. The fourth-order valence-corrected chi connectivity index (χ4v) is 1.16. The Morgan fingerprint density at radius 3 is 1.85 bits per heavy atom. The quantitative estimate of drug-likeness (QED) is 0.669. The van der Waals surface area contributed by atoms with Crippen LogP contribution in [0.5, 0.6) is 0 Å². The van der Waals surface area contributed by atoms with Gasteiger partial charge in [-0.05, 0) is 31.2 Å². The van der Waals surface area contributed by atoms with Crippen molar-refractivity contribution in [3.8, 4) is 0 Å². The van der Waals surface area contributed by atoms with E-state index in [0.29, 0.717) is 6.04 Å². The van der Waals surface area contributed by atoms with Gasteiger partial charge in [0.15, 0.2) is 0 Å². The lowest BCUT2D eigenvalue weighted by Crippen LogP contribution is -2.36. The molecule has 0 aromatic carbocycles. The zero-order valence-corrected chi connectivity index (χ0v) is 10.2. The molecule has 0 spiro atoms. The van der Waals surface area contributed by atoms with Crippen molar-refractivity contribution in [1.82, 2.24) is 5.32 Å². The monoisotopic (exact) mass is 185 g/mol. The van der Waals surface area contributed by atoms with E-state index in [4.69, 9.17) is 0 Å². The predicted molar refractivity (Wildman–Crippen MR) is 60.9 cm³/mol. The van der Waals surface area contributed by atoms with Crippen molar-refractivity contribution in [2.75, 3.05) is 6.54 Å². The van der Waals surface area contributed by atoms with E-state index >= 15 is 0 Å². The summed E-state index contributed by atoms with van der Waals surface area (Å²) in [5.74, 6) is 2.36. The molecule has 0 fully saturated rings. The normalized spacial score (nSPS) is 18.7. The van der Waals surface area contributed by atoms with Crippen LogP contribution in [0, 0.1) is 17.8 Å². The molecule has 0 amide bonds. The van der Waals surface area contributed by atoms with Crippen molar-refractivity contribution in [3.05, 3.63) is 0 Å². The summed E-state index contributed by atoms with van der Waals surface area (Å²) in [7, 11) is 0. The minimum absolute atomic E-state index is 0.659. The molecule has 0 aliphatic heterocycles. The van der Waals surface area contributed by atoms with Gasteiger partial charge in [0.05, 0.1) is 0 Å². The molecule has 3 atom stereocenters. The van der Waals surface area contributed by atoms with Crippen LogP contribution in [0.4, 0.5) is 0 Å². The molecule has 80 valence electrons. The highest BCUT2D eigenvalue weighted by Gasteiger charge is 2.12. The maximum atomic E-state index is 3.61. The highest BCUT2D eigenvalue weighted by molar-refractivity contribution is 4.69. The van der Waals surface area contributed by atoms with Gasteiger partial charge in [-0.3, -0.25) is 0 Å². The van der Waals surface area contributed by atoms with Crippen LogP contribution in [0.3, 0.4) is 0 Å². The SMILES string of the molecule is CCC(C)C(C)NC[C@H](C)C(C)C. The predicted octanol–water partition coefficient (Wildman–Crippen LogP) is 3.30. The first-order valence-corrected chi connectivity index (χ1v) is 5.72. The minimum Gasteiger partial charge on any atom is -0.314 e. The zero-order valence-electron chi connectivity index (χ0n) is 10.2. The van der Waals surface area contributed by atoms with Gasteiger partial charge in [0.2, 0.25) is 0 Å². The van der Waals surface area contributed by atoms with Crippen molar-refractivity contribution in [3.63, 3.8) is 0 Å². The average molecular weight is 185 g/mol. The average Bonchev–Trinajstić information content (AvgIpc) is 2.11. The molecule has 0 saturated carbocycles. The van der Waals surface area contributed by atoms with Gasteiger partial charge in [0.1, 0.15) is 0 Å². The standard InChI is InChI=1S/C12H27N/c1-7-10(4)12(6)13-8-11(5)9(2)3/h9-13H,7-8H2,1-6H3/t10?,11-,12?/m0/s1. The molecular weight excluding hydrogens is 158 g/mol. The number of hydrogen-bond acceptors (Lipinski definition) is 1. The van der Waals surface area contributed by atoms with Gasteiger partial charge in [-0.2, -0.15) is 0 Å². The second-order valence-corrected chi connectivity index (χ2v) is 4.80. The van der Waals surface area contributed by atoms with Gasteiger partial charge in [-0.1, -0.05) is 41.0 Å². The molecule has 0 rings (SSSR count). The Labute approximate surface area is 84.3 Å². The minimum atomic E-state index is 0.659. The lowest BCUT2D eigenvalue weighted by molar-refractivity contribution is 0.329. The van der Waals surface area contributed by atoms with Crippen molar-refractivity contribution in [1.29, 1.82) is 0 Å². The van der Waals surface area contributed by atoms with Crippen LogP contribution in [0.25, 0.3) is 0 Å². The van der Waals surface area contributed by atoms with Crippen LogP contribution in [-0.2, 0) is 0 Å². The molecule has 0 aromatic rings. The smallest absolute Gasteiger partial charge is 0.00643 e. The van der Waals surface area contributed by atoms with Gasteiger partial charge in [-0.15, -0.1) is 0 Å². The molecule has 0 bridgehead atoms. The molecule has 13 heavy (non-hydrogen) atoms. The van der Waals surface area contributed by atoms with E-state index < -0.39 is 0 Å². The summed E-state index contributed by atoms with van der Waals surface area (Å²) >= 11 is 0. The molecule has 0 radical (unpaired) electrons. The van der Waals surface area contributed by atoms with E-state index in [1.54, 1.807) is 0 Å². The molecule has 0 saturated heterocycles. The van der Waals surface area contributed by atoms with Crippen LogP contribution in [0.1, 0.15) is 48.0 Å². The summed E-state index contributed by atoms with van der Waals surface area (Å²) in [6.07, 6.45) is 1.27. The Hall–Kier alpha value is -0.0400. The fraction of sp³-hybridized carbons (Fsp3) is 1.00. The Bertz CT molecular complexity index is 120. The summed E-state index contributed by atoms with van der Waals surface area (Å²) in [5, 5.41) is 3.61. The van der Waals surface area contributed by atoms with Gasteiger partial charge in [-0.25, -0.2) is 0 Å². The largest absolute Gasteiger partial charge is 0.314 e. The third-order valence-corrected chi connectivity index (χ3v) is 3.40. The molecule has 1 nitrogen and oxygen atoms in total. The molecular formula is C12H27N. The maximum Gasteiger partial charge on any atom is 0.00643 e. The van der Waals surface area contributed by atoms with Crippen LogP contribution in [-0.4, -0.2) is 12.6 Å². The fourth-order valence-electron chi connectivity index (χ4n) is 1.16. The first-order chi connectivity index (χ1) is 5.99. The summed E-state index contributed by atoms with van der Waals surface area (Å²) in [4.78, 5) is 0. The highest BCUT2D eigenvalue weighted by Crippen LogP contribution is 2.11. The zero-order chi connectivity index (χ0) is 10.4. The second-order valence-electron chi connectivity index (χ2n) is 4.80. The van der Waals surface area contributed by atoms with Crippen LogP contribution < -0.4 is 5.32 Å². The van der Waals surface area contributed by atoms with Gasteiger partial charge < -0.3 is 5.32 Å². The summed E-state index contributed by atoms with van der Waals surface area (Å²) < 4.78 is 0. The van der Waals surface area contributed by atoms with Crippen molar-refractivity contribution < 1.29 is 0 Å². The number of hydrogen-bond donors (Lipinski definition) is 1. The van der Waals surface area contributed by atoms with Gasteiger partial charge >= 0.3 is 0 Å². The summed E-state index contributed by atoms with van der Waals surface area (Å²) in [6.45, 7) is 14.9. The van der Waals surface area contributed by atoms with E-state index in [9.17, 15) is 0 Å². The third-order valence-electron chi connectivity index (χ3n) is 3.40. The summed E-state index contributed by atoms with van der Waals surface area (Å²) in [6, 6.07) is 0.659. The van der Waals surface area contributed by atoms with E-state index in [1.165, 1.54) is 6.42 Å². The van der Waals surface area contributed by atoms with Crippen molar-refractivity contribution in [2.45, 2.75) is 54.0 Å². The molecule has 0 heterocycles. The second kappa shape index (κ2) is 6.42. The Balaban J connectivity index is 3.63. The highest BCUT2D eigenvalue weighted by atomic mass is 14.9. The van der Waals surface area contributed by atoms with Crippen molar-refractivity contribution in [2.24, 2.45) is 17.8 Å². The Kier molecular flexibility index (Phi) is 6.40. The van der Waals surface area contributed by atoms with Crippen LogP contribution in [0.15, 0.2) is 0 Å². The Morgan fingerprint density at radius 2 is 1.46 bits per heavy atom. The third kappa shape index (κ3) is 5.30.